The summed E-state index contributed by atoms with van der Waals surface area (Å²) in [7, 11) is 0. The Labute approximate surface area is 110 Å². The molecule has 0 spiro atoms. The van der Waals surface area contributed by atoms with E-state index in [0.29, 0.717) is 12.5 Å². The van der Waals surface area contributed by atoms with E-state index in [9.17, 15) is 0 Å². The summed E-state index contributed by atoms with van der Waals surface area (Å²) in [6, 6.07) is 3.88. The summed E-state index contributed by atoms with van der Waals surface area (Å²) in [5.41, 5.74) is 0.388. The third-order valence-corrected chi connectivity index (χ3v) is 2.60. The van der Waals surface area contributed by atoms with Crippen LogP contribution in [-0.2, 0) is 13.1 Å². The molecule has 0 aliphatic heterocycles. The predicted molar refractivity (Wildman–Crippen MR) is 65.6 cm³/mol. The molecule has 19 heavy (non-hydrogen) atoms. The summed E-state index contributed by atoms with van der Waals surface area (Å²) in [5, 5.41) is 22.1. The van der Waals surface area contributed by atoms with Gasteiger partial charge >= 0.3 is 0 Å². The SMILES string of the molecule is CC(C)Cn1ncnc1Cn1cnc(C#N)c1C#N. The molecule has 7 heteroatoms. The number of rotatable bonds is 4. The summed E-state index contributed by atoms with van der Waals surface area (Å²) in [4.78, 5) is 8.08. The Hall–Kier alpha value is -2.67. The highest BCUT2D eigenvalue weighted by molar-refractivity contribution is 5.36. The maximum absolute atomic E-state index is 9.06. The molecule has 0 bridgehead atoms. The van der Waals surface area contributed by atoms with Gasteiger partial charge in [0.05, 0.1) is 12.9 Å². The molecule has 0 saturated carbocycles. The number of nitriles is 2. The van der Waals surface area contributed by atoms with Crippen molar-refractivity contribution >= 4 is 0 Å². The van der Waals surface area contributed by atoms with Crippen molar-refractivity contribution in [2.45, 2.75) is 26.9 Å². The van der Waals surface area contributed by atoms with Gasteiger partial charge in [-0.25, -0.2) is 14.6 Å². The molecule has 0 fully saturated rings. The molecule has 0 aromatic carbocycles. The zero-order valence-corrected chi connectivity index (χ0v) is 10.8. The molecule has 2 aromatic rings. The minimum atomic E-state index is 0.137. The normalized spacial score (nSPS) is 10.4. The topological polar surface area (TPSA) is 96.1 Å². The highest BCUT2D eigenvalue weighted by atomic mass is 15.3. The van der Waals surface area contributed by atoms with Crippen LogP contribution in [0.4, 0.5) is 0 Å². The van der Waals surface area contributed by atoms with Gasteiger partial charge in [-0.15, -0.1) is 0 Å². The number of aromatic nitrogens is 5. The maximum atomic E-state index is 9.06. The smallest absolute Gasteiger partial charge is 0.176 e. The van der Waals surface area contributed by atoms with E-state index in [2.05, 4.69) is 28.9 Å². The standard InChI is InChI=1S/C12H13N7/c1-9(2)5-19-12(15-7-17-19)6-18-8-16-10(3-13)11(18)4-14/h7-9H,5-6H2,1-2H3. The molecular weight excluding hydrogens is 242 g/mol. The van der Waals surface area contributed by atoms with Crippen LogP contribution in [0.5, 0.6) is 0 Å². The van der Waals surface area contributed by atoms with Crippen LogP contribution in [0.15, 0.2) is 12.7 Å². The Morgan fingerprint density at radius 3 is 2.68 bits per heavy atom. The molecule has 0 saturated heterocycles. The third-order valence-electron chi connectivity index (χ3n) is 2.60. The first-order chi connectivity index (χ1) is 9.15. The van der Waals surface area contributed by atoms with E-state index in [1.807, 2.05) is 12.1 Å². The molecule has 2 heterocycles. The first-order valence-corrected chi connectivity index (χ1v) is 5.87. The van der Waals surface area contributed by atoms with Crippen molar-refractivity contribution in [1.29, 1.82) is 10.5 Å². The first kappa shape index (κ1) is 12.8. The fourth-order valence-corrected chi connectivity index (χ4v) is 1.76. The lowest BCUT2D eigenvalue weighted by Crippen LogP contribution is -2.13. The van der Waals surface area contributed by atoms with Gasteiger partial charge in [0.2, 0.25) is 0 Å². The Bertz CT molecular complexity index is 650. The number of hydrogen-bond donors (Lipinski definition) is 0. The van der Waals surface area contributed by atoms with Crippen molar-refractivity contribution in [3.05, 3.63) is 29.9 Å². The van der Waals surface area contributed by atoms with Gasteiger partial charge < -0.3 is 4.57 Å². The van der Waals surface area contributed by atoms with Gasteiger partial charge in [0, 0.05) is 6.54 Å². The average Bonchev–Trinajstić information content (AvgIpc) is 2.96. The lowest BCUT2D eigenvalue weighted by Gasteiger charge is -2.09. The van der Waals surface area contributed by atoms with Gasteiger partial charge in [-0.2, -0.15) is 15.6 Å². The lowest BCUT2D eigenvalue weighted by molar-refractivity contribution is 0.460. The fraction of sp³-hybridized carbons (Fsp3) is 0.417. The fourth-order valence-electron chi connectivity index (χ4n) is 1.76. The van der Waals surface area contributed by atoms with Crippen LogP contribution in [-0.4, -0.2) is 24.3 Å². The van der Waals surface area contributed by atoms with Gasteiger partial charge in [0.15, 0.2) is 11.4 Å². The van der Waals surface area contributed by atoms with Crippen molar-refractivity contribution < 1.29 is 0 Å². The summed E-state index contributed by atoms with van der Waals surface area (Å²) >= 11 is 0. The quantitative estimate of drug-likeness (QED) is 0.809. The minimum absolute atomic E-state index is 0.137. The van der Waals surface area contributed by atoms with Gasteiger partial charge in [-0.1, -0.05) is 13.8 Å². The molecule has 0 unspecified atom stereocenters. The Morgan fingerprint density at radius 2 is 2.05 bits per heavy atom. The van der Waals surface area contributed by atoms with Crippen molar-refractivity contribution in [1.82, 2.24) is 24.3 Å². The van der Waals surface area contributed by atoms with Crippen LogP contribution in [0, 0.1) is 28.6 Å². The number of nitrogens with zero attached hydrogens (tertiary/aromatic N) is 7. The largest absolute Gasteiger partial charge is 0.314 e. The van der Waals surface area contributed by atoms with Crippen LogP contribution < -0.4 is 0 Å². The van der Waals surface area contributed by atoms with Crippen LogP contribution >= 0.6 is 0 Å². The number of imidazole rings is 1. The highest BCUT2D eigenvalue weighted by Crippen LogP contribution is 2.09. The monoisotopic (exact) mass is 255 g/mol. The van der Waals surface area contributed by atoms with E-state index < -0.39 is 0 Å². The molecule has 0 atom stereocenters. The summed E-state index contributed by atoms with van der Waals surface area (Å²) in [6.45, 7) is 5.33. The Kier molecular flexibility index (Phi) is 3.58. The van der Waals surface area contributed by atoms with Crippen molar-refractivity contribution in [2.24, 2.45) is 5.92 Å². The average molecular weight is 255 g/mol. The first-order valence-electron chi connectivity index (χ1n) is 5.87. The Balaban J connectivity index is 2.28. The lowest BCUT2D eigenvalue weighted by atomic mass is 10.2. The van der Waals surface area contributed by atoms with E-state index in [1.54, 1.807) is 9.25 Å². The molecule has 0 amide bonds. The van der Waals surface area contributed by atoms with Crippen molar-refractivity contribution in [3.63, 3.8) is 0 Å². The van der Waals surface area contributed by atoms with Gasteiger partial charge in [0.25, 0.3) is 0 Å². The van der Waals surface area contributed by atoms with E-state index in [1.165, 1.54) is 12.7 Å². The molecule has 2 aromatic heterocycles. The van der Waals surface area contributed by atoms with Crippen molar-refractivity contribution in [2.75, 3.05) is 0 Å². The molecule has 2 rings (SSSR count). The second-order valence-corrected chi connectivity index (χ2v) is 4.55. The second-order valence-electron chi connectivity index (χ2n) is 4.55. The van der Waals surface area contributed by atoms with Crippen LogP contribution in [0.1, 0.15) is 31.1 Å². The molecule has 7 nitrogen and oxygen atoms in total. The third kappa shape index (κ3) is 2.61. The molecule has 0 aliphatic carbocycles. The minimum Gasteiger partial charge on any atom is -0.314 e. The van der Waals surface area contributed by atoms with Crippen molar-refractivity contribution in [3.8, 4) is 12.1 Å². The second kappa shape index (κ2) is 5.32. The molecular formula is C12H13N7. The molecule has 0 N–H and O–H groups in total. The Morgan fingerprint density at radius 1 is 1.26 bits per heavy atom. The molecule has 96 valence electrons. The van der Waals surface area contributed by atoms with Crippen LogP contribution in [0.25, 0.3) is 0 Å². The zero-order valence-electron chi connectivity index (χ0n) is 10.8. The number of hydrogen-bond acceptors (Lipinski definition) is 5. The summed E-state index contributed by atoms with van der Waals surface area (Å²) in [5.74, 6) is 1.19. The zero-order chi connectivity index (χ0) is 13.8. The maximum Gasteiger partial charge on any atom is 0.176 e. The van der Waals surface area contributed by atoms with Gasteiger partial charge in [0.1, 0.15) is 24.3 Å². The van der Waals surface area contributed by atoms with Crippen LogP contribution in [0.3, 0.4) is 0 Å². The van der Waals surface area contributed by atoms with Gasteiger partial charge in [-0.05, 0) is 5.92 Å². The highest BCUT2D eigenvalue weighted by Gasteiger charge is 2.13. The summed E-state index contributed by atoms with van der Waals surface area (Å²) in [6.07, 6.45) is 2.97. The van der Waals surface area contributed by atoms with Gasteiger partial charge in [-0.3, -0.25) is 0 Å². The van der Waals surface area contributed by atoms with Crippen LogP contribution in [0.2, 0.25) is 0 Å². The van der Waals surface area contributed by atoms with E-state index >= 15 is 0 Å². The predicted octanol–water partition coefficient (Wildman–Crippen LogP) is 0.922. The molecule has 0 aliphatic rings. The molecule has 0 radical (unpaired) electrons. The summed E-state index contributed by atoms with van der Waals surface area (Å²) < 4.78 is 3.41. The van der Waals surface area contributed by atoms with E-state index in [4.69, 9.17) is 10.5 Å². The van der Waals surface area contributed by atoms with E-state index in [0.717, 1.165) is 12.4 Å². The van der Waals surface area contributed by atoms with E-state index in [-0.39, 0.29) is 11.4 Å².